The van der Waals surface area contributed by atoms with Crippen LogP contribution in [0.5, 0.6) is 0 Å². The third-order valence-corrected chi connectivity index (χ3v) is 5.57. The molecule has 0 aliphatic carbocycles. The Morgan fingerprint density at radius 2 is 2.21 bits per heavy atom. The number of pyridine rings is 1. The maximum atomic E-state index is 12.9. The van der Waals surface area contributed by atoms with Gasteiger partial charge in [-0.1, -0.05) is 6.92 Å². The fraction of sp³-hybridized carbons (Fsp3) is 0.316. The maximum absolute atomic E-state index is 12.9. The summed E-state index contributed by atoms with van der Waals surface area (Å²) in [6.45, 7) is 3.62. The molecular formula is C19H18N8O. The van der Waals surface area contributed by atoms with Gasteiger partial charge in [0.05, 0.1) is 23.3 Å². The van der Waals surface area contributed by atoms with Crippen molar-refractivity contribution in [3.05, 3.63) is 47.0 Å². The third kappa shape index (κ3) is 2.45. The molecule has 0 spiro atoms. The monoisotopic (exact) mass is 374 g/mol. The highest BCUT2D eigenvalue weighted by Gasteiger charge is 2.31. The van der Waals surface area contributed by atoms with E-state index in [0.717, 1.165) is 35.0 Å². The molecule has 2 N–H and O–H groups in total. The first-order valence-corrected chi connectivity index (χ1v) is 9.20. The van der Waals surface area contributed by atoms with E-state index < -0.39 is 0 Å². The number of imidazole rings is 1. The van der Waals surface area contributed by atoms with Crippen LogP contribution in [0, 0.1) is 17.2 Å². The standard InChI is InChI=1S/C19H18N8O/c1-11-4-7-26(16-3-6-21-15(8-20)25-16)10-14(11)27-17-12-2-5-22-18(12)23-9-13(17)24-19(27)28/h2-3,5-6,9,11,14H,4,7,10H2,1H3,(H,22,23)(H,24,28)/t11-,14+/m1/s1. The second-order valence-electron chi connectivity index (χ2n) is 7.19. The molecule has 1 aliphatic rings. The summed E-state index contributed by atoms with van der Waals surface area (Å²) in [5, 5.41) is 10.0. The molecule has 0 radical (unpaired) electrons. The molecule has 5 rings (SSSR count). The molecule has 1 saturated heterocycles. The van der Waals surface area contributed by atoms with Crippen molar-refractivity contribution < 1.29 is 0 Å². The first-order chi connectivity index (χ1) is 13.7. The van der Waals surface area contributed by atoms with Crippen LogP contribution in [0.3, 0.4) is 0 Å². The number of aromatic nitrogens is 6. The number of nitriles is 1. The Balaban J connectivity index is 1.62. The van der Waals surface area contributed by atoms with E-state index in [1.807, 2.05) is 22.9 Å². The van der Waals surface area contributed by atoms with E-state index in [4.69, 9.17) is 5.26 Å². The molecule has 0 aromatic carbocycles. The molecule has 4 aromatic rings. The zero-order chi connectivity index (χ0) is 19.3. The van der Waals surface area contributed by atoms with Gasteiger partial charge in [0.1, 0.15) is 17.5 Å². The minimum absolute atomic E-state index is 0.0315. The minimum atomic E-state index is -0.135. The van der Waals surface area contributed by atoms with Crippen molar-refractivity contribution in [1.82, 2.24) is 29.5 Å². The van der Waals surface area contributed by atoms with E-state index >= 15 is 0 Å². The zero-order valence-electron chi connectivity index (χ0n) is 15.3. The van der Waals surface area contributed by atoms with Gasteiger partial charge in [-0.25, -0.2) is 19.7 Å². The largest absolute Gasteiger partial charge is 0.354 e. The molecule has 140 valence electrons. The summed E-state index contributed by atoms with van der Waals surface area (Å²) in [6.07, 6.45) is 6.04. The van der Waals surface area contributed by atoms with Crippen molar-refractivity contribution in [2.45, 2.75) is 19.4 Å². The van der Waals surface area contributed by atoms with Gasteiger partial charge in [0.15, 0.2) is 0 Å². The Hall–Kier alpha value is -3.67. The van der Waals surface area contributed by atoms with Crippen molar-refractivity contribution in [2.24, 2.45) is 5.92 Å². The fourth-order valence-corrected chi connectivity index (χ4v) is 4.11. The van der Waals surface area contributed by atoms with Crippen LogP contribution in [-0.2, 0) is 0 Å². The average Bonchev–Trinajstić information content (AvgIpc) is 3.32. The molecular weight excluding hydrogens is 356 g/mol. The number of hydrogen-bond donors (Lipinski definition) is 2. The van der Waals surface area contributed by atoms with E-state index in [1.54, 1.807) is 18.5 Å². The van der Waals surface area contributed by atoms with E-state index in [9.17, 15) is 4.79 Å². The van der Waals surface area contributed by atoms with Crippen LogP contribution in [-0.4, -0.2) is 42.6 Å². The van der Waals surface area contributed by atoms with Gasteiger partial charge in [0.25, 0.3) is 0 Å². The summed E-state index contributed by atoms with van der Waals surface area (Å²) < 4.78 is 1.86. The van der Waals surface area contributed by atoms with Gasteiger partial charge in [0.2, 0.25) is 5.82 Å². The third-order valence-electron chi connectivity index (χ3n) is 5.57. The normalized spacial score (nSPS) is 19.9. The first kappa shape index (κ1) is 16.5. The van der Waals surface area contributed by atoms with Gasteiger partial charge in [-0.15, -0.1) is 0 Å². The summed E-state index contributed by atoms with van der Waals surface area (Å²) in [6, 6.07) is 5.71. The Kier molecular flexibility index (Phi) is 3.65. The lowest BCUT2D eigenvalue weighted by Gasteiger charge is -2.38. The topological polar surface area (TPSA) is 119 Å². The molecule has 0 bridgehead atoms. The van der Waals surface area contributed by atoms with Crippen LogP contribution in [0.4, 0.5) is 5.82 Å². The molecule has 5 heterocycles. The van der Waals surface area contributed by atoms with Crippen LogP contribution < -0.4 is 10.6 Å². The number of rotatable bonds is 2. The Bertz CT molecular complexity index is 1280. The molecule has 2 atom stereocenters. The molecule has 28 heavy (non-hydrogen) atoms. The van der Waals surface area contributed by atoms with Gasteiger partial charge in [-0.3, -0.25) is 4.57 Å². The van der Waals surface area contributed by atoms with Crippen molar-refractivity contribution in [2.75, 3.05) is 18.0 Å². The molecule has 4 aromatic heterocycles. The zero-order valence-corrected chi connectivity index (χ0v) is 15.3. The highest BCUT2D eigenvalue weighted by Crippen LogP contribution is 2.32. The van der Waals surface area contributed by atoms with Crippen LogP contribution in [0.25, 0.3) is 22.1 Å². The number of hydrogen-bond acceptors (Lipinski definition) is 6. The van der Waals surface area contributed by atoms with Crippen molar-refractivity contribution in [3.8, 4) is 6.07 Å². The van der Waals surface area contributed by atoms with E-state index in [1.165, 1.54) is 0 Å². The Morgan fingerprint density at radius 3 is 3.07 bits per heavy atom. The summed E-state index contributed by atoms with van der Waals surface area (Å²) in [5.74, 6) is 1.18. The first-order valence-electron chi connectivity index (χ1n) is 9.20. The molecule has 1 fully saturated rings. The predicted octanol–water partition coefficient (Wildman–Crippen LogP) is 1.96. The lowest BCUT2D eigenvalue weighted by atomic mass is 9.93. The van der Waals surface area contributed by atoms with Crippen molar-refractivity contribution >= 4 is 27.9 Å². The number of nitrogens with zero attached hydrogens (tertiary/aromatic N) is 6. The van der Waals surface area contributed by atoms with Gasteiger partial charge in [0, 0.05) is 30.9 Å². The SMILES string of the molecule is C[C@@H]1CCN(c2ccnc(C#N)n2)C[C@@H]1n1c(=O)[nH]c2cnc3[nH]ccc3c21. The van der Waals surface area contributed by atoms with Gasteiger partial charge >= 0.3 is 5.69 Å². The highest BCUT2D eigenvalue weighted by atomic mass is 16.1. The average molecular weight is 374 g/mol. The van der Waals surface area contributed by atoms with Gasteiger partial charge < -0.3 is 14.9 Å². The van der Waals surface area contributed by atoms with Crippen LogP contribution >= 0.6 is 0 Å². The molecule has 0 amide bonds. The second-order valence-corrected chi connectivity index (χ2v) is 7.19. The maximum Gasteiger partial charge on any atom is 0.326 e. The lowest BCUT2D eigenvalue weighted by Crippen LogP contribution is -2.43. The number of piperidine rings is 1. The molecule has 9 nitrogen and oxygen atoms in total. The predicted molar refractivity (Wildman–Crippen MR) is 104 cm³/mol. The van der Waals surface area contributed by atoms with Gasteiger partial charge in [-0.2, -0.15) is 5.26 Å². The smallest absolute Gasteiger partial charge is 0.326 e. The minimum Gasteiger partial charge on any atom is -0.354 e. The fourth-order valence-electron chi connectivity index (χ4n) is 4.11. The Morgan fingerprint density at radius 1 is 1.32 bits per heavy atom. The summed E-state index contributed by atoms with van der Waals surface area (Å²) in [4.78, 5) is 33.7. The molecule has 0 saturated carbocycles. The number of H-pyrrole nitrogens is 2. The van der Waals surface area contributed by atoms with Crippen molar-refractivity contribution in [3.63, 3.8) is 0 Å². The molecule has 9 heteroatoms. The molecule has 0 unspecified atom stereocenters. The Labute approximate surface area is 159 Å². The summed E-state index contributed by atoms with van der Waals surface area (Å²) in [7, 11) is 0. The van der Waals surface area contributed by atoms with E-state index in [-0.39, 0.29) is 17.6 Å². The second kappa shape index (κ2) is 6.20. The van der Waals surface area contributed by atoms with Gasteiger partial charge in [-0.05, 0) is 24.5 Å². The van der Waals surface area contributed by atoms with Crippen LogP contribution in [0.15, 0.2) is 35.5 Å². The van der Waals surface area contributed by atoms with Crippen LogP contribution in [0.1, 0.15) is 25.2 Å². The lowest BCUT2D eigenvalue weighted by molar-refractivity contribution is 0.299. The number of aromatic amines is 2. The van der Waals surface area contributed by atoms with E-state index in [0.29, 0.717) is 18.3 Å². The van der Waals surface area contributed by atoms with Crippen LogP contribution in [0.2, 0.25) is 0 Å². The van der Waals surface area contributed by atoms with Crippen molar-refractivity contribution in [1.29, 1.82) is 5.26 Å². The number of fused-ring (bicyclic) bond motifs is 3. The number of anilines is 1. The van der Waals surface area contributed by atoms with E-state index in [2.05, 4.69) is 36.7 Å². The summed E-state index contributed by atoms with van der Waals surface area (Å²) in [5.41, 5.74) is 2.23. The summed E-state index contributed by atoms with van der Waals surface area (Å²) >= 11 is 0. The quantitative estimate of drug-likeness (QED) is 0.553. The number of nitrogens with one attached hydrogen (secondary N) is 2. The highest BCUT2D eigenvalue weighted by molar-refractivity contribution is 6.00. The molecule has 1 aliphatic heterocycles.